The molecule has 25 heavy (non-hydrogen) atoms. The molecule has 1 atom stereocenters. The third-order valence-electron chi connectivity index (χ3n) is 4.89. The fourth-order valence-corrected chi connectivity index (χ4v) is 3.48. The van der Waals surface area contributed by atoms with Gasteiger partial charge in [0.05, 0.1) is 12.5 Å². The van der Waals surface area contributed by atoms with E-state index >= 15 is 0 Å². The average Bonchev–Trinajstić information content (AvgIpc) is 2.96. The molecule has 2 aliphatic rings. The molecule has 0 saturated carbocycles. The number of nitrogens with zero attached hydrogens (tertiary/aromatic N) is 2. The molecule has 1 aromatic carbocycles. The summed E-state index contributed by atoms with van der Waals surface area (Å²) in [4.78, 5) is 27.7. The zero-order valence-electron chi connectivity index (χ0n) is 14.9. The van der Waals surface area contributed by atoms with Crippen molar-refractivity contribution in [1.82, 2.24) is 9.80 Å². The summed E-state index contributed by atoms with van der Waals surface area (Å²) < 4.78 is 11.7. The van der Waals surface area contributed by atoms with Crippen molar-refractivity contribution in [2.45, 2.75) is 32.3 Å². The molecule has 3 rings (SSSR count). The second-order valence-corrected chi connectivity index (χ2v) is 6.70. The summed E-state index contributed by atoms with van der Waals surface area (Å²) in [6.07, 6.45) is 2.01. The van der Waals surface area contributed by atoms with E-state index < -0.39 is 0 Å². The molecule has 2 fully saturated rings. The van der Waals surface area contributed by atoms with Crippen LogP contribution in [0, 0.1) is 5.92 Å². The van der Waals surface area contributed by atoms with Gasteiger partial charge in [-0.1, -0.05) is 12.1 Å². The lowest BCUT2D eigenvalue weighted by Gasteiger charge is -2.33. The number of piperidine rings is 1. The van der Waals surface area contributed by atoms with E-state index in [0.717, 1.165) is 24.3 Å². The van der Waals surface area contributed by atoms with Gasteiger partial charge in [-0.15, -0.1) is 0 Å². The number of carbonyl (C=O) groups excluding carboxylic acids is 2. The number of hydrogen-bond acceptors (Lipinski definition) is 4. The van der Waals surface area contributed by atoms with Gasteiger partial charge in [0.2, 0.25) is 11.8 Å². The normalized spacial score (nSPS) is 21.5. The summed E-state index contributed by atoms with van der Waals surface area (Å²) in [5, 5.41) is 0. The minimum absolute atomic E-state index is 0.0594. The van der Waals surface area contributed by atoms with Crippen LogP contribution in [0.2, 0.25) is 0 Å². The summed E-state index contributed by atoms with van der Waals surface area (Å²) in [5.74, 6) is 1.50. The molecule has 2 amide bonds. The van der Waals surface area contributed by atoms with Gasteiger partial charge in [-0.3, -0.25) is 9.59 Å². The fourth-order valence-electron chi connectivity index (χ4n) is 3.48. The lowest BCUT2D eigenvalue weighted by atomic mass is 10.0. The molecule has 2 saturated heterocycles. The van der Waals surface area contributed by atoms with E-state index in [1.54, 1.807) is 11.9 Å². The molecule has 136 valence electrons. The molecule has 0 radical (unpaired) electrons. The van der Waals surface area contributed by atoms with Crippen molar-refractivity contribution in [3.05, 3.63) is 24.3 Å². The van der Waals surface area contributed by atoms with E-state index in [2.05, 4.69) is 0 Å². The maximum atomic E-state index is 12.6. The maximum absolute atomic E-state index is 12.6. The van der Waals surface area contributed by atoms with E-state index in [4.69, 9.17) is 9.47 Å². The second-order valence-electron chi connectivity index (χ2n) is 6.70. The van der Waals surface area contributed by atoms with Crippen molar-refractivity contribution in [1.29, 1.82) is 0 Å². The molecule has 0 aromatic heterocycles. The molecule has 6 heteroatoms. The highest BCUT2D eigenvalue weighted by Crippen LogP contribution is 2.30. The van der Waals surface area contributed by atoms with Crippen molar-refractivity contribution in [3.8, 4) is 11.5 Å². The number of benzene rings is 1. The number of amides is 2. The first-order valence-corrected chi connectivity index (χ1v) is 8.99. The predicted octanol–water partition coefficient (Wildman–Crippen LogP) is 1.93. The molecular weight excluding hydrogens is 320 g/mol. The van der Waals surface area contributed by atoms with Crippen LogP contribution in [0.5, 0.6) is 11.5 Å². The molecule has 0 unspecified atom stereocenters. The molecule has 0 aliphatic carbocycles. The van der Waals surface area contributed by atoms with E-state index in [0.29, 0.717) is 32.7 Å². The van der Waals surface area contributed by atoms with Gasteiger partial charge in [0.15, 0.2) is 11.5 Å². The zero-order chi connectivity index (χ0) is 17.8. The van der Waals surface area contributed by atoms with E-state index in [9.17, 15) is 9.59 Å². The summed E-state index contributed by atoms with van der Waals surface area (Å²) in [7, 11) is 1.76. The van der Waals surface area contributed by atoms with Gasteiger partial charge in [-0.25, -0.2) is 0 Å². The third-order valence-corrected chi connectivity index (χ3v) is 4.89. The van der Waals surface area contributed by atoms with Crippen LogP contribution >= 0.6 is 0 Å². The van der Waals surface area contributed by atoms with Gasteiger partial charge < -0.3 is 19.3 Å². The number of hydrogen-bond donors (Lipinski definition) is 0. The Hall–Kier alpha value is -2.24. The van der Waals surface area contributed by atoms with Crippen LogP contribution in [0.15, 0.2) is 24.3 Å². The van der Waals surface area contributed by atoms with Gasteiger partial charge in [0.1, 0.15) is 6.10 Å². The first kappa shape index (κ1) is 17.6. The maximum Gasteiger partial charge on any atom is 0.227 e. The quantitative estimate of drug-likeness (QED) is 0.817. The van der Waals surface area contributed by atoms with Gasteiger partial charge in [0.25, 0.3) is 0 Å². The predicted molar refractivity (Wildman–Crippen MR) is 93.6 cm³/mol. The highest BCUT2D eigenvalue weighted by atomic mass is 16.5. The van der Waals surface area contributed by atoms with E-state index in [1.807, 2.05) is 36.1 Å². The summed E-state index contributed by atoms with van der Waals surface area (Å²) in [5.41, 5.74) is 0. The molecule has 0 spiro atoms. The lowest BCUT2D eigenvalue weighted by Crippen LogP contribution is -2.44. The second kappa shape index (κ2) is 7.76. The summed E-state index contributed by atoms with van der Waals surface area (Å²) in [6, 6.07) is 7.69. The molecular formula is C19H26N2O4. The Bertz CT molecular complexity index is 626. The van der Waals surface area contributed by atoms with Crippen molar-refractivity contribution in [3.63, 3.8) is 0 Å². The van der Waals surface area contributed by atoms with Crippen LogP contribution in [0.4, 0.5) is 0 Å². The number of ether oxygens (including phenoxy) is 2. The number of para-hydroxylation sites is 2. The Labute approximate surface area is 148 Å². The fraction of sp³-hybridized carbons (Fsp3) is 0.579. The van der Waals surface area contributed by atoms with Gasteiger partial charge in [-0.05, 0) is 19.1 Å². The Morgan fingerprint density at radius 1 is 1.20 bits per heavy atom. The monoisotopic (exact) mass is 346 g/mol. The molecule has 1 aromatic rings. The minimum atomic E-state index is -0.186. The lowest BCUT2D eigenvalue weighted by molar-refractivity contribution is -0.137. The Balaban J connectivity index is 1.52. The van der Waals surface area contributed by atoms with Crippen molar-refractivity contribution in [2.75, 3.05) is 33.3 Å². The average molecular weight is 346 g/mol. The first-order chi connectivity index (χ1) is 12.1. The van der Waals surface area contributed by atoms with Gasteiger partial charge >= 0.3 is 0 Å². The van der Waals surface area contributed by atoms with Crippen LogP contribution in [0.3, 0.4) is 0 Å². The molecule has 6 nitrogen and oxygen atoms in total. The van der Waals surface area contributed by atoms with Crippen molar-refractivity contribution < 1.29 is 19.1 Å². The molecule has 2 heterocycles. The topological polar surface area (TPSA) is 59.1 Å². The van der Waals surface area contributed by atoms with Crippen molar-refractivity contribution in [2.24, 2.45) is 5.92 Å². The highest BCUT2D eigenvalue weighted by Gasteiger charge is 2.36. The molecule has 2 aliphatic heterocycles. The molecule has 0 bridgehead atoms. The molecule has 0 N–H and O–H groups in total. The summed E-state index contributed by atoms with van der Waals surface area (Å²) >= 11 is 0. The van der Waals surface area contributed by atoms with Crippen LogP contribution < -0.4 is 9.47 Å². The summed E-state index contributed by atoms with van der Waals surface area (Å²) in [6.45, 7) is 4.44. The number of rotatable bonds is 5. The standard InChI is InChI=1S/C19H26N2O4/c1-3-24-16-6-4-5-7-17(16)25-15-8-10-21(11-9-15)19(23)14-12-18(22)20(2)13-14/h4-7,14-15H,3,8-13H2,1-2H3/t14-/m1/s1. The van der Waals surface area contributed by atoms with Gasteiger partial charge in [-0.2, -0.15) is 0 Å². The SMILES string of the molecule is CCOc1ccccc1OC1CCN(C(=O)[C@@H]2CC(=O)N(C)C2)CC1. The van der Waals surface area contributed by atoms with Crippen LogP contribution in [0.25, 0.3) is 0 Å². The Morgan fingerprint density at radius 2 is 1.88 bits per heavy atom. The van der Waals surface area contributed by atoms with E-state index in [-0.39, 0.29) is 23.8 Å². The number of likely N-dealkylation sites (tertiary alicyclic amines) is 2. The minimum Gasteiger partial charge on any atom is -0.490 e. The third kappa shape index (κ3) is 4.06. The van der Waals surface area contributed by atoms with Crippen molar-refractivity contribution >= 4 is 11.8 Å². The van der Waals surface area contributed by atoms with Crippen LogP contribution in [-0.2, 0) is 9.59 Å². The largest absolute Gasteiger partial charge is 0.490 e. The van der Waals surface area contributed by atoms with Crippen LogP contribution in [-0.4, -0.2) is 61.0 Å². The Morgan fingerprint density at radius 3 is 2.48 bits per heavy atom. The zero-order valence-corrected chi connectivity index (χ0v) is 14.9. The smallest absolute Gasteiger partial charge is 0.227 e. The Kier molecular flexibility index (Phi) is 5.46. The van der Waals surface area contributed by atoms with Gasteiger partial charge in [0, 0.05) is 45.9 Å². The van der Waals surface area contributed by atoms with Crippen LogP contribution in [0.1, 0.15) is 26.2 Å². The van der Waals surface area contributed by atoms with E-state index in [1.165, 1.54) is 0 Å². The highest BCUT2D eigenvalue weighted by molar-refractivity contribution is 5.89. The number of carbonyl (C=O) groups is 2. The first-order valence-electron chi connectivity index (χ1n) is 8.99.